The molecule has 178 valence electrons. The fraction of sp³-hybridized carbons (Fsp3) is 0.250. The van der Waals surface area contributed by atoms with Crippen LogP contribution >= 0.6 is 11.8 Å². The van der Waals surface area contributed by atoms with Crippen LogP contribution in [0.5, 0.6) is 0 Å². The molecule has 7 heteroatoms. The van der Waals surface area contributed by atoms with Gasteiger partial charge in [0.15, 0.2) is 11.0 Å². The van der Waals surface area contributed by atoms with E-state index >= 15 is 0 Å². The maximum Gasteiger partial charge on any atom is 0.230 e. The number of nitrogens with zero attached hydrogens (tertiary/aromatic N) is 4. The molecule has 1 aromatic heterocycles. The summed E-state index contributed by atoms with van der Waals surface area (Å²) in [6.07, 6.45) is 2.43. The number of para-hydroxylation sites is 1. The van der Waals surface area contributed by atoms with E-state index in [-0.39, 0.29) is 17.7 Å². The zero-order chi connectivity index (χ0) is 23.9. The molecular weight excluding hydrogens is 454 g/mol. The summed E-state index contributed by atoms with van der Waals surface area (Å²) in [5, 5.41) is 12.8. The molecule has 6 nitrogen and oxygen atoms in total. The van der Waals surface area contributed by atoms with Crippen LogP contribution in [0.3, 0.4) is 0 Å². The molecule has 3 aromatic carbocycles. The minimum Gasteiger partial charge on any atom is -0.353 e. The van der Waals surface area contributed by atoms with Crippen LogP contribution in [0.2, 0.25) is 0 Å². The van der Waals surface area contributed by atoms with E-state index in [1.165, 1.54) is 30.2 Å². The molecule has 2 heterocycles. The fourth-order valence-electron chi connectivity index (χ4n) is 4.53. The van der Waals surface area contributed by atoms with E-state index in [0.29, 0.717) is 11.7 Å². The largest absolute Gasteiger partial charge is 0.353 e. The number of benzene rings is 3. The quantitative estimate of drug-likeness (QED) is 0.340. The highest BCUT2D eigenvalue weighted by Gasteiger charge is 2.24. The van der Waals surface area contributed by atoms with Crippen LogP contribution in [0.15, 0.2) is 96.2 Å². The third-order valence-electron chi connectivity index (χ3n) is 6.27. The van der Waals surface area contributed by atoms with Crippen molar-refractivity contribution in [1.82, 2.24) is 25.0 Å². The smallest absolute Gasteiger partial charge is 0.230 e. The summed E-state index contributed by atoms with van der Waals surface area (Å²) in [6, 6.07) is 30.7. The molecule has 1 N–H and O–H groups in total. The third-order valence-corrected chi connectivity index (χ3v) is 7.20. The lowest BCUT2D eigenvalue weighted by Gasteiger charge is -2.28. The van der Waals surface area contributed by atoms with E-state index in [9.17, 15) is 4.79 Å². The molecule has 0 spiro atoms. The summed E-state index contributed by atoms with van der Waals surface area (Å²) in [7, 11) is 0. The molecule has 1 atom stereocenters. The van der Waals surface area contributed by atoms with Gasteiger partial charge in [0.05, 0.1) is 11.8 Å². The molecule has 35 heavy (non-hydrogen) atoms. The normalized spacial score (nSPS) is 14.6. The SMILES string of the molecule is O=C(CSc1nnc(-c2ccccc2)n1-c1ccccc1)NC[C@H](c1ccccc1)N1CCCC1. The fourth-order valence-corrected chi connectivity index (χ4v) is 5.31. The first-order chi connectivity index (χ1) is 17.3. The number of carbonyl (C=O) groups is 1. The lowest BCUT2D eigenvalue weighted by molar-refractivity contribution is -0.118. The van der Waals surface area contributed by atoms with Crippen LogP contribution in [-0.2, 0) is 4.79 Å². The summed E-state index contributed by atoms with van der Waals surface area (Å²) < 4.78 is 2.02. The molecule has 0 saturated carbocycles. The number of rotatable bonds is 9. The Morgan fingerprint density at radius 2 is 1.49 bits per heavy atom. The van der Waals surface area contributed by atoms with Gasteiger partial charge in [-0.15, -0.1) is 10.2 Å². The Balaban J connectivity index is 1.29. The molecule has 0 radical (unpaired) electrons. The van der Waals surface area contributed by atoms with Gasteiger partial charge >= 0.3 is 0 Å². The van der Waals surface area contributed by atoms with Crippen LogP contribution in [0.4, 0.5) is 0 Å². The van der Waals surface area contributed by atoms with Gasteiger partial charge in [-0.25, -0.2) is 0 Å². The van der Waals surface area contributed by atoms with E-state index in [0.717, 1.165) is 30.2 Å². The maximum atomic E-state index is 12.9. The molecule has 0 aliphatic carbocycles. The lowest BCUT2D eigenvalue weighted by atomic mass is 10.1. The molecule has 0 bridgehead atoms. The van der Waals surface area contributed by atoms with Gasteiger partial charge in [0, 0.05) is 17.8 Å². The predicted octanol–water partition coefficient (Wildman–Crippen LogP) is 4.98. The van der Waals surface area contributed by atoms with Crippen LogP contribution in [0, 0.1) is 0 Å². The Labute approximate surface area is 210 Å². The van der Waals surface area contributed by atoms with Gasteiger partial charge in [0.25, 0.3) is 0 Å². The van der Waals surface area contributed by atoms with Crippen LogP contribution in [0.1, 0.15) is 24.4 Å². The van der Waals surface area contributed by atoms with Crippen molar-refractivity contribution in [2.24, 2.45) is 0 Å². The number of aromatic nitrogens is 3. The van der Waals surface area contributed by atoms with Crippen molar-refractivity contribution in [1.29, 1.82) is 0 Å². The summed E-state index contributed by atoms with van der Waals surface area (Å²) >= 11 is 1.41. The molecule has 1 aliphatic rings. The second-order valence-electron chi connectivity index (χ2n) is 8.61. The second-order valence-corrected chi connectivity index (χ2v) is 9.55. The number of nitrogens with one attached hydrogen (secondary N) is 1. The number of thioether (sulfide) groups is 1. The Bertz CT molecular complexity index is 1220. The van der Waals surface area contributed by atoms with Gasteiger partial charge in [-0.05, 0) is 43.6 Å². The standard InChI is InChI=1S/C28H29N5OS/c34-26(29-20-25(32-18-10-11-19-32)22-12-4-1-5-13-22)21-35-28-31-30-27(23-14-6-2-7-15-23)33(28)24-16-8-3-9-17-24/h1-9,12-17,25H,10-11,18-21H2,(H,29,34)/t25-/m1/s1. The van der Waals surface area contributed by atoms with E-state index in [2.05, 4.69) is 44.7 Å². The molecule has 4 aromatic rings. The minimum absolute atomic E-state index is 0.000925. The van der Waals surface area contributed by atoms with Crippen molar-refractivity contribution in [3.63, 3.8) is 0 Å². The summed E-state index contributed by atoms with van der Waals surface area (Å²) in [6.45, 7) is 2.75. The first-order valence-corrected chi connectivity index (χ1v) is 13.0. The first-order valence-electron chi connectivity index (χ1n) is 12.0. The van der Waals surface area contributed by atoms with E-state index in [4.69, 9.17) is 0 Å². The van der Waals surface area contributed by atoms with Crippen molar-refractivity contribution in [3.8, 4) is 17.1 Å². The minimum atomic E-state index is -0.000925. The Kier molecular flexibility index (Phi) is 7.56. The van der Waals surface area contributed by atoms with Crippen molar-refractivity contribution < 1.29 is 4.79 Å². The van der Waals surface area contributed by atoms with E-state index < -0.39 is 0 Å². The van der Waals surface area contributed by atoms with Gasteiger partial charge in [-0.3, -0.25) is 14.3 Å². The van der Waals surface area contributed by atoms with Crippen molar-refractivity contribution >= 4 is 17.7 Å². The number of hydrogen-bond donors (Lipinski definition) is 1. The van der Waals surface area contributed by atoms with Crippen molar-refractivity contribution in [3.05, 3.63) is 96.6 Å². The molecule has 5 rings (SSSR count). The topological polar surface area (TPSA) is 63.1 Å². The summed E-state index contributed by atoms with van der Waals surface area (Å²) in [5.74, 6) is 1.04. The Hall–Kier alpha value is -3.42. The van der Waals surface area contributed by atoms with Crippen molar-refractivity contribution in [2.45, 2.75) is 24.0 Å². The van der Waals surface area contributed by atoms with Crippen LogP contribution in [0.25, 0.3) is 17.1 Å². The zero-order valence-corrected chi connectivity index (χ0v) is 20.4. The average Bonchev–Trinajstić information content (AvgIpc) is 3.60. The van der Waals surface area contributed by atoms with E-state index in [1.807, 2.05) is 71.3 Å². The van der Waals surface area contributed by atoms with Gasteiger partial charge in [0.2, 0.25) is 5.91 Å². The Morgan fingerprint density at radius 1 is 0.857 bits per heavy atom. The van der Waals surface area contributed by atoms with Crippen molar-refractivity contribution in [2.75, 3.05) is 25.4 Å². The van der Waals surface area contributed by atoms with Gasteiger partial charge < -0.3 is 5.32 Å². The number of hydrogen-bond acceptors (Lipinski definition) is 5. The highest BCUT2D eigenvalue weighted by molar-refractivity contribution is 7.99. The Morgan fingerprint density at radius 3 is 2.17 bits per heavy atom. The predicted molar refractivity (Wildman–Crippen MR) is 141 cm³/mol. The van der Waals surface area contributed by atoms with Gasteiger partial charge in [-0.2, -0.15) is 0 Å². The number of amides is 1. The lowest BCUT2D eigenvalue weighted by Crippen LogP contribution is -2.37. The highest BCUT2D eigenvalue weighted by Crippen LogP contribution is 2.28. The summed E-state index contributed by atoms with van der Waals surface area (Å²) in [4.78, 5) is 15.4. The van der Waals surface area contributed by atoms with Crippen LogP contribution in [-0.4, -0.2) is 51.0 Å². The summed E-state index contributed by atoms with van der Waals surface area (Å²) in [5.41, 5.74) is 3.20. The molecule has 1 fully saturated rings. The number of carbonyl (C=O) groups excluding carboxylic acids is 1. The molecule has 1 saturated heterocycles. The highest BCUT2D eigenvalue weighted by atomic mass is 32.2. The second kappa shape index (κ2) is 11.3. The van der Waals surface area contributed by atoms with E-state index in [1.54, 1.807) is 0 Å². The first kappa shape index (κ1) is 23.3. The number of likely N-dealkylation sites (tertiary alicyclic amines) is 1. The molecule has 1 amide bonds. The molecular formula is C28H29N5OS. The average molecular weight is 484 g/mol. The zero-order valence-electron chi connectivity index (χ0n) is 19.6. The molecule has 1 aliphatic heterocycles. The van der Waals surface area contributed by atoms with Gasteiger partial charge in [-0.1, -0.05) is 90.6 Å². The molecule has 0 unspecified atom stereocenters. The monoisotopic (exact) mass is 483 g/mol. The van der Waals surface area contributed by atoms with Gasteiger partial charge in [0.1, 0.15) is 0 Å². The third kappa shape index (κ3) is 5.63. The maximum absolute atomic E-state index is 12.9. The van der Waals surface area contributed by atoms with Crippen LogP contribution < -0.4 is 5.32 Å².